The van der Waals surface area contributed by atoms with Crippen LogP contribution < -0.4 is 9.47 Å². The molecule has 6 heteroatoms. The first-order chi connectivity index (χ1) is 34.9. The third kappa shape index (κ3) is 8.32. The van der Waals surface area contributed by atoms with E-state index in [2.05, 4.69) is 109 Å². The van der Waals surface area contributed by atoms with Gasteiger partial charge in [0.25, 0.3) is 0 Å². The molecule has 0 saturated heterocycles. The van der Waals surface area contributed by atoms with Gasteiger partial charge in [-0.1, -0.05) is 206 Å². The van der Waals surface area contributed by atoms with E-state index in [1.165, 1.54) is 22.3 Å². The summed E-state index contributed by atoms with van der Waals surface area (Å²) in [5.74, 6) is -0.443. The summed E-state index contributed by atoms with van der Waals surface area (Å²) in [5.41, 5.74) is 15.5. The largest absolute Gasteiger partial charge is 0.488 e. The summed E-state index contributed by atoms with van der Waals surface area (Å²) in [6.07, 6.45) is 0. The fourth-order valence-corrected chi connectivity index (χ4v) is 10.2. The zero-order valence-electron chi connectivity index (χ0n) is 38.5. The van der Waals surface area contributed by atoms with Crippen LogP contribution in [0.5, 0.6) is 11.5 Å². The number of ether oxygens (including phenoxy) is 2. The summed E-state index contributed by atoms with van der Waals surface area (Å²) in [5, 5.41) is 19.6. The van der Waals surface area contributed by atoms with Gasteiger partial charge in [-0.25, -0.2) is 9.59 Å². The van der Waals surface area contributed by atoms with Gasteiger partial charge in [0.15, 0.2) is 0 Å². The Hall–Kier alpha value is -9.26. The zero-order valence-corrected chi connectivity index (χ0v) is 38.5. The summed E-state index contributed by atoms with van der Waals surface area (Å²) >= 11 is 0. The quantitative estimate of drug-likeness (QED) is 0.113. The highest BCUT2D eigenvalue weighted by Gasteiger charge is 2.46. The fraction of sp³-hybridized carbons (Fsp3) is 0.0462. The van der Waals surface area contributed by atoms with Crippen LogP contribution in [0.4, 0.5) is 0 Å². The Labute approximate surface area is 412 Å². The minimum atomic E-state index is -0.960. The third-order valence-electron chi connectivity index (χ3n) is 13.6. The highest BCUT2D eigenvalue weighted by atomic mass is 16.5. The summed E-state index contributed by atoms with van der Waals surface area (Å²) in [7, 11) is 0. The van der Waals surface area contributed by atoms with Crippen LogP contribution in [-0.4, -0.2) is 22.2 Å². The van der Waals surface area contributed by atoms with Gasteiger partial charge in [-0.15, -0.1) is 0 Å². The molecule has 0 bridgehead atoms. The van der Waals surface area contributed by atoms with Crippen molar-refractivity contribution >= 4 is 11.9 Å². The predicted octanol–water partition coefficient (Wildman–Crippen LogP) is 15.3. The topological polar surface area (TPSA) is 93.1 Å². The number of carboxylic acids is 2. The Morgan fingerprint density at radius 2 is 0.676 bits per heavy atom. The molecule has 1 aliphatic carbocycles. The van der Waals surface area contributed by atoms with Crippen molar-refractivity contribution in [3.05, 3.63) is 287 Å². The predicted molar refractivity (Wildman–Crippen MR) is 281 cm³/mol. The van der Waals surface area contributed by atoms with Crippen LogP contribution in [0, 0.1) is 0 Å². The number of carboxylic acid groups (broad SMARTS) is 2. The van der Waals surface area contributed by atoms with Crippen molar-refractivity contribution in [1.29, 1.82) is 0 Å². The number of carbonyl (C=O) groups is 2. The molecule has 10 aromatic rings. The molecule has 0 spiro atoms. The van der Waals surface area contributed by atoms with Gasteiger partial charge in [0.05, 0.1) is 16.5 Å². The van der Waals surface area contributed by atoms with Gasteiger partial charge in [0.2, 0.25) is 0 Å². The molecule has 11 rings (SSSR count). The molecule has 0 atom stereocenters. The van der Waals surface area contributed by atoms with E-state index in [4.69, 9.17) is 9.47 Å². The van der Waals surface area contributed by atoms with E-state index in [9.17, 15) is 19.8 Å². The first-order valence-electron chi connectivity index (χ1n) is 23.5. The van der Waals surface area contributed by atoms with Crippen LogP contribution >= 0.6 is 0 Å². The molecule has 342 valence electrons. The second-order valence-corrected chi connectivity index (χ2v) is 17.7. The lowest BCUT2D eigenvalue weighted by Crippen LogP contribution is -2.28. The zero-order chi connectivity index (χ0) is 48.3. The van der Waals surface area contributed by atoms with Gasteiger partial charge in [0, 0.05) is 11.1 Å². The Kier molecular flexibility index (Phi) is 11.9. The monoisotopic (exact) mass is 922 g/mol. The second kappa shape index (κ2) is 19.0. The van der Waals surface area contributed by atoms with Crippen molar-refractivity contribution in [3.8, 4) is 67.1 Å². The lowest BCUT2D eigenvalue weighted by atomic mass is 9.67. The normalized spacial score (nSPS) is 12.1. The molecule has 0 unspecified atom stereocenters. The average Bonchev–Trinajstić information content (AvgIpc) is 3.73. The Morgan fingerprint density at radius 1 is 0.338 bits per heavy atom. The van der Waals surface area contributed by atoms with Crippen molar-refractivity contribution in [2.45, 2.75) is 18.6 Å². The summed E-state index contributed by atoms with van der Waals surface area (Å²) < 4.78 is 13.5. The molecule has 2 N–H and O–H groups in total. The molecule has 1 aliphatic rings. The van der Waals surface area contributed by atoms with Gasteiger partial charge in [0.1, 0.15) is 24.7 Å². The maximum Gasteiger partial charge on any atom is 0.336 e. The number of hydrogen-bond acceptors (Lipinski definition) is 4. The van der Waals surface area contributed by atoms with Crippen molar-refractivity contribution in [1.82, 2.24) is 0 Å². The van der Waals surface area contributed by atoms with E-state index in [0.717, 1.165) is 67.1 Å². The Balaban J connectivity index is 0.996. The highest BCUT2D eigenvalue weighted by molar-refractivity contribution is 5.97. The first kappa shape index (κ1) is 44.3. The molecule has 0 radical (unpaired) electrons. The lowest BCUT2D eigenvalue weighted by molar-refractivity contribution is 0.0687. The van der Waals surface area contributed by atoms with Crippen molar-refractivity contribution in [3.63, 3.8) is 0 Å². The molecular formula is C65H46O6. The van der Waals surface area contributed by atoms with E-state index >= 15 is 0 Å². The van der Waals surface area contributed by atoms with Gasteiger partial charge >= 0.3 is 11.9 Å². The minimum absolute atomic E-state index is 0.261. The molecule has 10 aromatic carbocycles. The first-order valence-corrected chi connectivity index (χ1v) is 23.5. The molecule has 0 fully saturated rings. The van der Waals surface area contributed by atoms with Crippen LogP contribution in [0.3, 0.4) is 0 Å². The van der Waals surface area contributed by atoms with Gasteiger partial charge in [-0.05, 0) is 114 Å². The van der Waals surface area contributed by atoms with E-state index in [0.29, 0.717) is 24.3 Å². The number of aromatic carboxylic acids is 2. The second-order valence-electron chi connectivity index (χ2n) is 17.7. The average molecular weight is 923 g/mol. The van der Waals surface area contributed by atoms with Gasteiger partial charge in [-0.2, -0.15) is 0 Å². The Bertz CT molecular complexity index is 3340. The number of benzene rings is 10. The summed E-state index contributed by atoms with van der Waals surface area (Å²) in [6.45, 7) is 0.614. The van der Waals surface area contributed by atoms with Gasteiger partial charge in [-0.3, -0.25) is 0 Å². The van der Waals surface area contributed by atoms with Crippen LogP contribution in [-0.2, 0) is 18.6 Å². The van der Waals surface area contributed by atoms with Gasteiger partial charge < -0.3 is 19.7 Å². The molecule has 71 heavy (non-hydrogen) atoms. The van der Waals surface area contributed by atoms with Crippen molar-refractivity contribution < 1.29 is 29.3 Å². The smallest absolute Gasteiger partial charge is 0.336 e. The van der Waals surface area contributed by atoms with Crippen LogP contribution in [0.25, 0.3) is 55.6 Å². The molecule has 6 nitrogen and oxygen atoms in total. The van der Waals surface area contributed by atoms with Crippen molar-refractivity contribution in [2.24, 2.45) is 0 Å². The van der Waals surface area contributed by atoms with E-state index in [1.807, 2.05) is 109 Å². The van der Waals surface area contributed by atoms with E-state index in [1.54, 1.807) is 24.3 Å². The number of fused-ring (bicyclic) bond motifs is 3. The summed E-state index contributed by atoms with van der Waals surface area (Å²) in [6, 6.07) is 81.2. The molecule has 0 saturated carbocycles. The molecular weight excluding hydrogens is 877 g/mol. The molecule has 0 aromatic heterocycles. The van der Waals surface area contributed by atoms with Crippen LogP contribution in [0.1, 0.15) is 54.1 Å². The standard InChI is InChI=1S/C65H46O6/c66-63(67)55-23-9-7-19-51(55)47-31-27-43(28-32-47)41-70-61-37-35-49(39-57(61)45-15-3-1-4-16-45)65(59-25-13-11-21-53(59)54-22-12-14-26-60(54)65)50-36-38-62(58(40-50)46-17-5-2-6-18-46)71-42-44-29-33-48(34-30-44)52-20-8-10-24-56(52)64(68)69/h1-40H,41-42H2,(H,66,67)(H,68,69). The van der Waals surface area contributed by atoms with E-state index in [-0.39, 0.29) is 11.1 Å². The highest BCUT2D eigenvalue weighted by Crippen LogP contribution is 2.57. The maximum absolute atomic E-state index is 12.0. The third-order valence-corrected chi connectivity index (χ3v) is 13.6. The lowest BCUT2D eigenvalue weighted by Gasteiger charge is -2.35. The number of rotatable bonds is 14. The van der Waals surface area contributed by atoms with Crippen LogP contribution in [0.15, 0.2) is 243 Å². The molecule has 0 aliphatic heterocycles. The maximum atomic E-state index is 12.0. The fourth-order valence-electron chi connectivity index (χ4n) is 10.2. The van der Waals surface area contributed by atoms with Crippen molar-refractivity contribution in [2.75, 3.05) is 0 Å². The molecule has 0 amide bonds. The Morgan fingerprint density at radius 3 is 1.07 bits per heavy atom. The summed E-state index contributed by atoms with van der Waals surface area (Å²) in [4.78, 5) is 24.0. The molecule has 0 heterocycles. The van der Waals surface area contributed by atoms with E-state index < -0.39 is 17.4 Å². The number of hydrogen-bond donors (Lipinski definition) is 2. The SMILES string of the molecule is O=C(O)c1ccccc1-c1ccc(COc2ccc(C3(c4ccc(OCc5ccc(-c6ccccc6C(=O)O)cc5)c(-c5ccccc5)c4)c4ccccc4-c4ccccc43)cc2-c2ccccc2)cc1. The van der Waals surface area contributed by atoms with Crippen LogP contribution in [0.2, 0.25) is 0 Å². The minimum Gasteiger partial charge on any atom is -0.488 e.